The fourth-order valence-electron chi connectivity index (χ4n) is 1.68. The van der Waals surface area contributed by atoms with E-state index in [9.17, 15) is 4.79 Å². The van der Waals surface area contributed by atoms with Crippen molar-refractivity contribution in [3.8, 4) is 0 Å². The van der Waals surface area contributed by atoms with Gasteiger partial charge in [0, 0.05) is 0 Å². The van der Waals surface area contributed by atoms with Gasteiger partial charge in [-0.25, -0.2) is 0 Å². The van der Waals surface area contributed by atoms with E-state index >= 15 is 0 Å². The van der Waals surface area contributed by atoms with E-state index in [2.05, 4.69) is 35.9 Å². The largest absolute Gasteiger partial charge is 0.469 e. The Labute approximate surface area is 103 Å². The number of hydrogen-bond acceptors (Lipinski definition) is 2. The van der Waals surface area contributed by atoms with Gasteiger partial charge in [-0.2, -0.15) is 0 Å². The third-order valence-electron chi connectivity index (χ3n) is 2.82. The summed E-state index contributed by atoms with van der Waals surface area (Å²) in [4.78, 5) is 11.0. The van der Waals surface area contributed by atoms with Crippen LogP contribution in [-0.2, 0) is 16.0 Å². The number of allylic oxidation sites excluding steroid dienone is 1. The van der Waals surface area contributed by atoms with Crippen molar-refractivity contribution in [2.24, 2.45) is 0 Å². The third-order valence-corrected chi connectivity index (χ3v) is 2.82. The molecule has 0 N–H and O–H groups in total. The molecule has 0 spiro atoms. The smallest absolute Gasteiger partial charge is 0.309 e. The SMILES string of the molecule is CC/C(=C\CC(=O)OC)CCc1ccccc1. The highest BCUT2D eigenvalue weighted by atomic mass is 16.5. The first-order valence-electron chi connectivity index (χ1n) is 6.05. The highest BCUT2D eigenvalue weighted by Gasteiger charge is 2.00. The van der Waals surface area contributed by atoms with Crippen LogP contribution in [0.1, 0.15) is 31.7 Å². The summed E-state index contributed by atoms with van der Waals surface area (Å²) >= 11 is 0. The molecule has 92 valence electrons. The Morgan fingerprint density at radius 1 is 1.29 bits per heavy atom. The minimum Gasteiger partial charge on any atom is -0.469 e. The van der Waals surface area contributed by atoms with Crippen LogP contribution >= 0.6 is 0 Å². The van der Waals surface area contributed by atoms with Gasteiger partial charge in [-0.15, -0.1) is 0 Å². The van der Waals surface area contributed by atoms with Gasteiger partial charge < -0.3 is 4.74 Å². The quantitative estimate of drug-likeness (QED) is 0.554. The average molecular weight is 232 g/mol. The van der Waals surface area contributed by atoms with Gasteiger partial charge >= 0.3 is 5.97 Å². The van der Waals surface area contributed by atoms with E-state index in [-0.39, 0.29) is 5.97 Å². The summed E-state index contributed by atoms with van der Waals surface area (Å²) in [5.41, 5.74) is 2.66. The lowest BCUT2D eigenvalue weighted by molar-refractivity contribution is -0.139. The minimum atomic E-state index is -0.171. The first kappa shape index (κ1) is 13.5. The summed E-state index contributed by atoms with van der Waals surface area (Å²) in [6.45, 7) is 2.12. The van der Waals surface area contributed by atoms with Crippen LogP contribution < -0.4 is 0 Å². The van der Waals surface area contributed by atoms with Gasteiger partial charge in [0.2, 0.25) is 0 Å². The first-order chi connectivity index (χ1) is 8.26. The Bertz CT molecular complexity index is 366. The van der Waals surface area contributed by atoms with Gasteiger partial charge in [-0.1, -0.05) is 48.9 Å². The molecular weight excluding hydrogens is 212 g/mol. The number of rotatable bonds is 6. The molecule has 0 aliphatic heterocycles. The molecule has 0 atom stereocenters. The molecule has 0 radical (unpaired) electrons. The molecule has 1 aromatic carbocycles. The Hall–Kier alpha value is -1.57. The fraction of sp³-hybridized carbons (Fsp3) is 0.400. The lowest BCUT2D eigenvalue weighted by Crippen LogP contribution is -1.98. The molecule has 0 unspecified atom stereocenters. The molecule has 0 bridgehead atoms. The summed E-state index contributed by atoms with van der Waals surface area (Å²) < 4.78 is 4.62. The molecular formula is C15H20O2. The molecule has 1 rings (SSSR count). The number of benzene rings is 1. The maximum absolute atomic E-state index is 11.0. The number of hydrogen-bond donors (Lipinski definition) is 0. The van der Waals surface area contributed by atoms with E-state index in [0.717, 1.165) is 19.3 Å². The van der Waals surface area contributed by atoms with E-state index in [0.29, 0.717) is 6.42 Å². The normalized spacial score (nSPS) is 11.3. The van der Waals surface area contributed by atoms with Gasteiger partial charge in [0.1, 0.15) is 0 Å². The van der Waals surface area contributed by atoms with E-state index < -0.39 is 0 Å². The van der Waals surface area contributed by atoms with Crippen LogP contribution in [0.4, 0.5) is 0 Å². The van der Waals surface area contributed by atoms with Gasteiger partial charge in [0.25, 0.3) is 0 Å². The maximum atomic E-state index is 11.0. The van der Waals surface area contributed by atoms with Crippen LogP contribution in [0.25, 0.3) is 0 Å². The minimum absolute atomic E-state index is 0.171. The maximum Gasteiger partial charge on any atom is 0.309 e. The molecule has 17 heavy (non-hydrogen) atoms. The van der Waals surface area contributed by atoms with E-state index in [4.69, 9.17) is 0 Å². The molecule has 0 aliphatic rings. The van der Waals surface area contributed by atoms with Gasteiger partial charge in [0.15, 0.2) is 0 Å². The number of ether oxygens (including phenoxy) is 1. The lowest BCUT2D eigenvalue weighted by atomic mass is 10.0. The van der Waals surface area contributed by atoms with Crippen molar-refractivity contribution in [2.45, 2.75) is 32.6 Å². The molecule has 0 saturated heterocycles. The topological polar surface area (TPSA) is 26.3 Å². The number of methoxy groups -OCH3 is 1. The van der Waals surface area contributed by atoms with Crippen LogP contribution in [-0.4, -0.2) is 13.1 Å². The zero-order chi connectivity index (χ0) is 12.5. The summed E-state index contributed by atoms with van der Waals surface area (Å²) in [7, 11) is 1.42. The zero-order valence-electron chi connectivity index (χ0n) is 10.6. The van der Waals surface area contributed by atoms with Crippen LogP contribution in [0.3, 0.4) is 0 Å². The Balaban J connectivity index is 2.44. The van der Waals surface area contributed by atoms with Crippen LogP contribution in [0, 0.1) is 0 Å². The second-order valence-electron chi connectivity index (χ2n) is 3.98. The predicted molar refractivity (Wildman–Crippen MR) is 69.8 cm³/mol. The van der Waals surface area contributed by atoms with Crippen molar-refractivity contribution in [2.75, 3.05) is 7.11 Å². The van der Waals surface area contributed by atoms with Crippen molar-refractivity contribution in [1.29, 1.82) is 0 Å². The van der Waals surface area contributed by atoms with E-state index in [1.54, 1.807) is 0 Å². The molecule has 0 aliphatic carbocycles. The van der Waals surface area contributed by atoms with E-state index in [1.165, 1.54) is 18.2 Å². The molecule has 2 nitrogen and oxygen atoms in total. The Morgan fingerprint density at radius 2 is 2.00 bits per heavy atom. The van der Waals surface area contributed by atoms with Crippen LogP contribution in [0.15, 0.2) is 42.0 Å². The number of carbonyl (C=O) groups is 1. The molecule has 1 aromatic rings. The molecule has 0 fully saturated rings. The summed E-state index contributed by atoms with van der Waals surface area (Å²) in [6, 6.07) is 10.4. The molecule has 0 aromatic heterocycles. The van der Waals surface area contributed by atoms with Gasteiger partial charge in [0.05, 0.1) is 13.5 Å². The van der Waals surface area contributed by atoms with Crippen molar-refractivity contribution < 1.29 is 9.53 Å². The lowest BCUT2D eigenvalue weighted by Gasteiger charge is -2.05. The van der Waals surface area contributed by atoms with Crippen molar-refractivity contribution >= 4 is 5.97 Å². The van der Waals surface area contributed by atoms with Crippen molar-refractivity contribution in [1.82, 2.24) is 0 Å². The number of esters is 1. The van der Waals surface area contributed by atoms with Crippen molar-refractivity contribution in [3.63, 3.8) is 0 Å². The summed E-state index contributed by atoms with van der Waals surface area (Å²) in [6.07, 6.45) is 5.41. The van der Waals surface area contributed by atoms with Crippen LogP contribution in [0.5, 0.6) is 0 Å². The average Bonchev–Trinajstić information content (AvgIpc) is 2.39. The van der Waals surface area contributed by atoms with E-state index in [1.807, 2.05) is 12.1 Å². The Morgan fingerprint density at radius 3 is 2.59 bits per heavy atom. The number of aryl methyl sites for hydroxylation is 1. The second-order valence-corrected chi connectivity index (χ2v) is 3.98. The van der Waals surface area contributed by atoms with Gasteiger partial charge in [-0.05, 0) is 24.8 Å². The zero-order valence-corrected chi connectivity index (χ0v) is 10.6. The van der Waals surface area contributed by atoms with Gasteiger partial charge in [-0.3, -0.25) is 4.79 Å². The molecule has 2 heteroatoms. The fourth-order valence-corrected chi connectivity index (χ4v) is 1.68. The molecule has 0 saturated carbocycles. The molecule has 0 amide bonds. The monoisotopic (exact) mass is 232 g/mol. The van der Waals surface area contributed by atoms with Crippen LogP contribution in [0.2, 0.25) is 0 Å². The predicted octanol–water partition coefficient (Wildman–Crippen LogP) is 3.52. The molecule has 0 heterocycles. The van der Waals surface area contributed by atoms with Crippen molar-refractivity contribution in [3.05, 3.63) is 47.5 Å². The highest BCUT2D eigenvalue weighted by molar-refractivity contribution is 5.71. The second kappa shape index (κ2) is 7.66. The summed E-state index contributed by atoms with van der Waals surface area (Å²) in [5, 5.41) is 0. The standard InChI is InChI=1S/C15H20O2/c1-3-13(11-12-15(16)17-2)9-10-14-7-5-4-6-8-14/h4-8,11H,3,9-10,12H2,1-2H3/b13-11+. The highest BCUT2D eigenvalue weighted by Crippen LogP contribution is 2.13. The number of carbonyl (C=O) groups excluding carboxylic acids is 1. The summed E-state index contributed by atoms with van der Waals surface area (Å²) in [5.74, 6) is -0.171. The first-order valence-corrected chi connectivity index (χ1v) is 6.05. The third kappa shape index (κ3) is 5.34. The Kier molecular flexibility index (Phi) is 6.08.